The van der Waals surface area contributed by atoms with E-state index in [1.54, 1.807) is 6.07 Å². The number of hydrogen-bond donors (Lipinski definition) is 2. The van der Waals surface area contributed by atoms with Crippen LogP contribution < -0.4 is 5.32 Å². The van der Waals surface area contributed by atoms with Crippen LogP contribution >= 0.6 is 11.6 Å². The van der Waals surface area contributed by atoms with Crippen molar-refractivity contribution in [2.75, 3.05) is 6.54 Å². The van der Waals surface area contributed by atoms with Gasteiger partial charge in [-0.2, -0.15) is 0 Å². The van der Waals surface area contributed by atoms with Gasteiger partial charge in [-0.25, -0.2) is 4.79 Å². The van der Waals surface area contributed by atoms with Gasteiger partial charge in [-0.15, -0.1) is 0 Å². The normalized spacial score (nSPS) is 20.4. The molecule has 0 bridgehead atoms. The smallest absolute Gasteiger partial charge is 0.326 e. The third-order valence-corrected chi connectivity index (χ3v) is 6.18. The van der Waals surface area contributed by atoms with Crippen LogP contribution in [0.3, 0.4) is 0 Å². The number of aliphatic carboxylic acids is 1. The van der Waals surface area contributed by atoms with Crippen LogP contribution in [0, 0.1) is 11.3 Å². The molecule has 1 saturated carbocycles. The molecule has 1 aromatic carbocycles. The third-order valence-electron chi connectivity index (χ3n) is 5.74. The molecule has 2 N–H and O–H groups in total. The molecule has 7 heteroatoms. The van der Waals surface area contributed by atoms with E-state index in [4.69, 9.17) is 11.6 Å². The van der Waals surface area contributed by atoms with E-state index in [-0.39, 0.29) is 5.91 Å². The summed E-state index contributed by atoms with van der Waals surface area (Å²) in [5.74, 6) is -1.14. The van der Waals surface area contributed by atoms with Crippen LogP contribution in [-0.4, -0.2) is 46.4 Å². The Hall–Kier alpha value is -2.08. The summed E-state index contributed by atoms with van der Waals surface area (Å²) in [6, 6.07) is 3.72. The van der Waals surface area contributed by atoms with Crippen molar-refractivity contribution in [2.45, 2.75) is 65.0 Å². The van der Waals surface area contributed by atoms with Gasteiger partial charge in [0.1, 0.15) is 12.1 Å². The number of carbonyl (C=O) groups is 3. The maximum absolute atomic E-state index is 13.2. The molecule has 29 heavy (non-hydrogen) atoms. The van der Waals surface area contributed by atoms with Crippen LogP contribution in [0.2, 0.25) is 5.02 Å². The fraction of sp³-hybridized carbons (Fsp3) is 0.591. The molecule has 1 aliphatic carbocycles. The fourth-order valence-electron chi connectivity index (χ4n) is 3.86. The molecule has 0 aromatic heterocycles. The van der Waals surface area contributed by atoms with Gasteiger partial charge in [0.05, 0.1) is 10.6 Å². The molecule has 2 amide bonds. The second-order valence-corrected chi connectivity index (χ2v) is 9.60. The Balaban J connectivity index is 1.81. The lowest BCUT2D eigenvalue weighted by molar-refractivity contribution is -0.150. The van der Waals surface area contributed by atoms with Crippen molar-refractivity contribution in [1.82, 2.24) is 10.2 Å². The van der Waals surface area contributed by atoms with Crippen LogP contribution in [0.1, 0.15) is 62.4 Å². The van der Waals surface area contributed by atoms with E-state index in [9.17, 15) is 19.5 Å². The van der Waals surface area contributed by atoms with Crippen LogP contribution in [0.5, 0.6) is 0 Å². The quantitative estimate of drug-likeness (QED) is 0.737. The van der Waals surface area contributed by atoms with E-state index in [0.717, 1.165) is 12.0 Å². The summed E-state index contributed by atoms with van der Waals surface area (Å²) in [5.41, 5.74) is 0.713. The maximum Gasteiger partial charge on any atom is 0.326 e. The van der Waals surface area contributed by atoms with Crippen molar-refractivity contribution in [3.05, 3.63) is 34.3 Å². The van der Waals surface area contributed by atoms with Crippen molar-refractivity contribution in [3.63, 3.8) is 0 Å². The zero-order valence-electron chi connectivity index (χ0n) is 17.2. The Bertz CT molecular complexity index is 814. The van der Waals surface area contributed by atoms with Crippen molar-refractivity contribution < 1.29 is 19.5 Å². The molecule has 0 unspecified atom stereocenters. The number of benzene rings is 1. The monoisotopic (exact) mass is 420 g/mol. The van der Waals surface area contributed by atoms with E-state index in [0.29, 0.717) is 35.9 Å². The number of carboxylic acids is 1. The van der Waals surface area contributed by atoms with Gasteiger partial charge < -0.3 is 15.3 Å². The molecule has 158 valence electrons. The first-order valence-electron chi connectivity index (χ1n) is 10.2. The molecular weight excluding hydrogens is 392 g/mol. The largest absolute Gasteiger partial charge is 0.480 e. The molecule has 2 fully saturated rings. The minimum Gasteiger partial charge on any atom is -0.480 e. The minimum atomic E-state index is -1.01. The Kier molecular flexibility index (Phi) is 6.22. The molecule has 1 heterocycles. The summed E-state index contributed by atoms with van der Waals surface area (Å²) >= 11 is 6.51. The van der Waals surface area contributed by atoms with E-state index >= 15 is 0 Å². The summed E-state index contributed by atoms with van der Waals surface area (Å²) in [5, 5.41) is 12.7. The van der Waals surface area contributed by atoms with E-state index in [1.807, 2.05) is 32.9 Å². The van der Waals surface area contributed by atoms with Gasteiger partial charge in [0.25, 0.3) is 5.91 Å². The number of rotatable bonds is 6. The Morgan fingerprint density at radius 3 is 2.52 bits per heavy atom. The SMILES string of the molecule is CC(C)(C)[C@H](NC(=O)c1cccc(CC2CC2)c1Cl)C(=O)N1CCC[C@H]1C(=O)O. The zero-order valence-corrected chi connectivity index (χ0v) is 18.0. The first-order valence-corrected chi connectivity index (χ1v) is 10.6. The first kappa shape index (κ1) is 21.6. The van der Waals surface area contributed by atoms with Crippen molar-refractivity contribution in [3.8, 4) is 0 Å². The highest BCUT2D eigenvalue weighted by Gasteiger charge is 2.42. The standard InChI is InChI=1S/C22H29ClN2O4/c1-22(2,3)18(20(27)25-11-5-8-16(25)21(28)29)24-19(26)15-7-4-6-14(17(15)23)12-13-9-10-13/h4,6-7,13,16,18H,5,8-12H2,1-3H3,(H,24,26)(H,28,29)/t16-,18+/m0/s1. The van der Waals surface area contributed by atoms with Crippen LogP contribution in [0.25, 0.3) is 0 Å². The van der Waals surface area contributed by atoms with Gasteiger partial charge in [-0.1, -0.05) is 44.5 Å². The van der Waals surface area contributed by atoms with Gasteiger partial charge in [0.15, 0.2) is 0 Å². The lowest BCUT2D eigenvalue weighted by Gasteiger charge is -2.35. The fourth-order valence-corrected chi connectivity index (χ4v) is 4.15. The number of amides is 2. The summed E-state index contributed by atoms with van der Waals surface area (Å²) in [6.07, 6.45) is 4.31. The molecule has 1 aromatic rings. The van der Waals surface area contributed by atoms with Gasteiger partial charge in [0.2, 0.25) is 5.91 Å². The van der Waals surface area contributed by atoms with Crippen molar-refractivity contribution >= 4 is 29.4 Å². The second kappa shape index (κ2) is 8.34. The van der Waals surface area contributed by atoms with Gasteiger partial charge in [0, 0.05) is 6.54 Å². The lowest BCUT2D eigenvalue weighted by Crippen LogP contribution is -2.56. The molecule has 1 aliphatic heterocycles. The number of hydrogen-bond acceptors (Lipinski definition) is 3. The summed E-state index contributed by atoms with van der Waals surface area (Å²) < 4.78 is 0. The molecule has 0 spiro atoms. The molecule has 3 rings (SSSR count). The molecule has 0 radical (unpaired) electrons. The summed E-state index contributed by atoms with van der Waals surface area (Å²) in [4.78, 5) is 39.1. The van der Waals surface area contributed by atoms with Gasteiger partial charge in [-0.05, 0) is 55.1 Å². The maximum atomic E-state index is 13.2. The van der Waals surface area contributed by atoms with Crippen molar-refractivity contribution in [2.24, 2.45) is 11.3 Å². The number of carboxylic acid groups (broad SMARTS) is 1. The van der Waals surface area contributed by atoms with Crippen LogP contribution in [-0.2, 0) is 16.0 Å². The Morgan fingerprint density at radius 1 is 1.24 bits per heavy atom. The summed E-state index contributed by atoms with van der Waals surface area (Å²) in [6.45, 7) is 5.95. The lowest BCUT2D eigenvalue weighted by atomic mass is 9.85. The Morgan fingerprint density at radius 2 is 1.93 bits per heavy atom. The number of nitrogens with one attached hydrogen (secondary N) is 1. The number of halogens is 1. The number of nitrogens with zero attached hydrogens (tertiary/aromatic N) is 1. The average molecular weight is 421 g/mol. The van der Waals surface area contributed by atoms with Gasteiger partial charge in [-0.3, -0.25) is 9.59 Å². The Labute approximate surface area is 176 Å². The van der Waals surface area contributed by atoms with E-state index in [2.05, 4.69) is 5.32 Å². The van der Waals surface area contributed by atoms with Crippen LogP contribution in [0.4, 0.5) is 0 Å². The van der Waals surface area contributed by atoms with Crippen LogP contribution in [0.15, 0.2) is 18.2 Å². The van der Waals surface area contributed by atoms with Crippen molar-refractivity contribution in [1.29, 1.82) is 0 Å². The number of carbonyl (C=O) groups excluding carboxylic acids is 2. The molecule has 1 saturated heterocycles. The first-order chi connectivity index (χ1) is 13.6. The predicted molar refractivity (Wildman–Crippen MR) is 111 cm³/mol. The molecule has 6 nitrogen and oxygen atoms in total. The highest BCUT2D eigenvalue weighted by Crippen LogP contribution is 2.35. The summed E-state index contributed by atoms with van der Waals surface area (Å²) in [7, 11) is 0. The average Bonchev–Trinajstić information content (AvgIpc) is 3.30. The second-order valence-electron chi connectivity index (χ2n) is 9.23. The minimum absolute atomic E-state index is 0.350. The van der Waals surface area contributed by atoms with E-state index in [1.165, 1.54) is 17.7 Å². The van der Waals surface area contributed by atoms with E-state index < -0.39 is 29.4 Å². The highest BCUT2D eigenvalue weighted by molar-refractivity contribution is 6.34. The topological polar surface area (TPSA) is 86.7 Å². The van der Waals surface area contributed by atoms with Gasteiger partial charge >= 0.3 is 5.97 Å². The predicted octanol–water partition coefficient (Wildman–Crippen LogP) is 3.51. The zero-order chi connectivity index (χ0) is 21.3. The third kappa shape index (κ3) is 4.92. The molecule has 2 atom stereocenters. The molecular formula is C22H29ClN2O4. The number of likely N-dealkylation sites (tertiary alicyclic amines) is 1. The molecule has 2 aliphatic rings. The highest BCUT2D eigenvalue weighted by atomic mass is 35.5.